The largest absolute Gasteiger partial charge is 0.445 e. The average molecular weight is 450 g/mol. The van der Waals surface area contributed by atoms with Crippen LogP contribution in [0.25, 0.3) is 0 Å². The van der Waals surface area contributed by atoms with Crippen molar-refractivity contribution in [3.05, 3.63) is 37.0 Å². The van der Waals surface area contributed by atoms with E-state index in [9.17, 15) is 24.0 Å². The molecule has 32 heavy (non-hydrogen) atoms. The average Bonchev–Trinajstić information content (AvgIpc) is 3.33. The molecule has 1 atom stereocenters. The number of hydrogen-bond donors (Lipinski definition) is 1. The van der Waals surface area contributed by atoms with Gasteiger partial charge in [-0.25, -0.2) is 9.59 Å². The molecule has 10 heteroatoms. The van der Waals surface area contributed by atoms with E-state index in [-0.39, 0.29) is 33.2 Å². The first-order valence-electron chi connectivity index (χ1n) is 10.6. The van der Waals surface area contributed by atoms with Gasteiger partial charge < -0.3 is 19.8 Å². The lowest BCUT2D eigenvalue weighted by atomic mass is 10.1. The van der Waals surface area contributed by atoms with Crippen molar-refractivity contribution in [2.45, 2.75) is 51.0 Å². The molecule has 2 aliphatic heterocycles. The molecule has 4 amide bonds. The SMILES string of the molecule is C=C/C=C(\C=C)COC(=O)NCCCC[C@@H](C(=O)ON1C(=O)CCC1=O)N1CCCC1=O.[HH]. The lowest BCUT2D eigenvalue weighted by Gasteiger charge is -2.27. The minimum Gasteiger partial charge on any atom is -0.445 e. The monoisotopic (exact) mass is 449 g/mol. The molecule has 0 radical (unpaired) electrons. The molecular weight excluding hydrogens is 418 g/mol. The van der Waals surface area contributed by atoms with Gasteiger partial charge in [-0.05, 0) is 31.3 Å². The zero-order valence-corrected chi connectivity index (χ0v) is 18.0. The standard InChI is InChI=1S/C22H29N3O7.H2/c1-3-8-16(4-2)15-31-22(30)23-13-6-5-9-17(24-14-7-10-18(24)26)21(29)32-25-19(27)11-12-20(25)28;/h3-4,8,17H,1-2,5-7,9-15H2,(H,23,30);1H/b16-8+;/t17-;/m0./s1. The predicted octanol–water partition coefficient (Wildman–Crippen LogP) is 2.03. The van der Waals surface area contributed by atoms with Crippen molar-refractivity contribution in [2.75, 3.05) is 19.7 Å². The van der Waals surface area contributed by atoms with Gasteiger partial charge in [0.15, 0.2) is 0 Å². The highest BCUT2D eigenvalue weighted by atomic mass is 16.7. The number of ether oxygens (including phenoxy) is 1. The molecule has 176 valence electrons. The molecule has 0 saturated carbocycles. The number of alkyl carbamates (subject to hydrolysis) is 1. The molecule has 0 aromatic heterocycles. The molecule has 2 aliphatic rings. The van der Waals surface area contributed by atoms with E-state index in [0.29, 0.717) is 49.4 Å². The minimum absolute atomic E-state index is 0. The molecule has 10 nitrogen and oxygen atoms in total. The molecular formula is C22H31N3O7. The lowest BCUT2D eigenvalue weighted by Crippen LogP contribution is -2.46. The van der Waals surface area contributed by atoms with Crippen molar-refractivity contribution in [3.8, 4) is 0 Å². The molecule has 0 bridgehead atoms. The first kappa shape index (κ1) is 24.8. The Bertz CT molecular complexity index is 796. The van der Waals surface area contributed by atoms with Crippen LogP contribution in [-0.4, -0.2) is 65.5 Å². The van der Waals surface area contributed by atoms with Crippen molar-refractivity contribution in [2.24, 2.45) is 0 Å². The van der Waals surface area contributed by atoms with Gasteiger partial charge in [0.1, 0.15) is 12.6 Å². The maximum absolute atomic E-state index is 12.7. The van der Waals surface area contributed by atoms with Crippen molar-refractivity contribution in [3.63, 3.8) is 0 Å². The summed E-state index contributed by atoms with van der Waals surface area (Å²) < 4.78 is 5.07. The fraction of sp³-hybridized carbons (Fsp3) is 0.500. The Balaban J connectivity index is 0.00000544. The first-order valence-corrected chi connectivity index (χ1v) is 10.6. The maximum atomic E-state index is 12.7. The number of hydroxylamine groups is 2. The summed E-state index contributed by atoms with van der Waals surface area (Å²) in [4.78, 5) is 66.5. The predicted molar refractivity (Wildman–Crippen MR) is 116 cm³/mol. The maximum Gasteiger partial charge on any atom is 0.407 e. The van der Waals surface area contributed by atoms with E-state index in [0.717, 1.165) is 0 Å². The topological polar surface area (TPSA) is 122 Å². The van der Waals surface area contributed by atoms with Gasteiger partial charge in [0.2, 0.25) is 5.91 Å². The summed E-state index contributed by atoms with van der Waals surface area (Å²) in [5.41, 5.74) is 0.710. The van der Waals surface area contributed by atoms with Crippen molar-refractivity contribution in [1.82, 2.24) is 15.3 Å². The quantitative estimate of drug-likeness (QED) is 0.275. The van der Waals surface area contributed by atoms with Crippen LogP contribution >= 0.6 is 0 Å². The number of nitrogens with one attached hydrogen (secondary N) is 1. The third-order valence-corrected chi connectivity index (χ3v) is 5.08. The van der Waals surface area contributed by atoms with Crippen LogP contribution in [0.5, 0.6) is 0 Å². The first-order chi connectivity index (χ1) is 15.4. The fourth-order valence-corrected chi connectivity index (χ4v) is 3.39. The molecule has 2 heterocycles. The van der Waals surface area contributed by atoms with Gasteiger partial charge in [-0.1, -0.05) is 31.4 Å². The fourth-order valence-electron chi connectivity index (χ4n) is 3.39. The van der Waals surface area contributed by atoms with Crippen LogP contribution in [0.4, 0.5) is 4.79 Å². The van der Waals surface area contributed by atoms with E-state index < -0.39 is 29.9 Å². The second-order valence-corrected chi connectivity index (χ2v) is 7.38. The normalized spacial score (nSPS) is 17.4. The van der Waals surface area contributed by atoms with Crippen molar-refractivity contribution in [1.29, 1.82) is 0 Å². The van der Waals surface area contributed by atoms with E-state index in [1.54, 1.807) is 18.2 Å². The summed E-state index contributed by atoms with van der Waals surface area (Å²) in [5.74, 6) is -2.11. The number of rotatable bonds is 12. The number of imide groups is 1. The van der Waals surface area contributed by atoms with Crippen LogP contribution in [0.15, 0.2) is 37.0 Å². The number of hydrogen-bond acceptors (Lipinski definition) is 7. The summed E-state index contributed by atoms with van der Waals surface area (Å²) in [5, 5.41) is 3.10. The molecule has 0 aliphatic carbocycles. The molecule has 2 rings (SSSR count). The number of allylic oxidation sites excluding steroid dienone is 2. The highest BCUT2D eigenvalue weighted by Gasteiger charge is 2.38. The third kappa shape index (κ3) is 7.07. The number of likely N-dealkylation sites (tertiary alicyclic amines) is 1. The van der Waals surface area contributed by atoms with Crippen LogP contribution in [0.3, 0.4) is 0 Å². The number of nitrogens with zero attached hydrogens (tertiary/aromatic N) is 2. The molecule has 0 aromatic carbocycles. The number of carbonyl (C=O) groups is 5. The zero-order valence-electron chi connectivity index (χ0n) is 18.0. The number of carbonyl (C=O) groups excluding carboxylic acids is 5. The van der Waals surface area contributed by atoms with Crippen molar-refractivity contribution < 1.29 is 35.0 Å². The second kappa shape index (κ2) is 12.4. The second-order valence-electron chi connectivity index (χ2n) is 7.38. The Kier molecular flexibility index (Phi) is 9.65. The minimum atomic E-state index is -0.891. The summed E-state index contributed by atoms with van der Waals surface area (Å²) in [6.45, 7) is 7.98. The number of unbranched alkanes of at least 4 members (excludes halogenated alkanes) is 1. The van der Waals surface area contributed by atoms with Gasteiger partial charge in [-0.15, -0.1) is 5.06 Å². The lowest BCUT2D eigenvalue weighted by molar-refractivity contribution is -0.201. The summed E-state index contributed by atoms with van der Waals surface area (Å²) in [6, 6.07) is -0.891. The van der Waals surface area contributed by atoms with Gasteiger partial charge >= 0.3 is 12.1 Å². The summed E-state index contributed by atoms with van der Waals surface area (Å²) in [7, 11) is 0. The van der Waals surface area contributed by atoms with E-state index in [4.69, 9.17) is 9.57 Å². The molecule has 0 spiro atoms. The van der Waals surface area contributed by atoms with Crippen molar-refractivity contribution >= 4 is 29.8 Å². The molecule has 2 fully saturated rings. The Labute approximate surface area is 188 Å². The van der Waals surface area contributed by atoms with Crippen LogP contribution in [0.2, 0.25) is 0 Å². The summed E-state index contributed by atoms with van der Waals surface area (Å²) in [6.07, 6.45) is 6.51. The van der Waals surface area contributed by atoms with Gasteiger partial charge in [-0.2, -0.15) is 0 Å². The Morgan fingerprint density at radius 3 is 2.41 bits per heavy atom. The van der Waals surface area contributed by atoms with E-state index >= 15 is 0 Å². The smallest absolute Gasteiger partial charge is 0.407 e. The van der Waals surface area contributed by atoms with Gasteiger partial charge in [0.25, 0.3) is 11.8 Å². The molecule has 0 unspecified atom stereocenters. The highest BCUT2D eigenvalue weighted by Crippen LogP contribution is 2.21. The van der Waals surface area contributed by atoms with E-state index in [2.05, 4.69) is 18.5 Å². The molecule has 0 aromatic rings. The van der Waals surface area contributed by atoms with Crippen LogP contribution in [0, 0.1) is 0 Å². The Morgan fingerprint density at radius 2 is 1.81 bits per heavy atom. The zero-order chi connectivity index (χ0) is 23.5. The summed E-state index contributed by atoms with van der Waals surface area (Å²) >= 11 is 0. The van der Waals surface area contributed by atoms with Gasteiger partial charge in [-0.3, -0.25) is 14.4 Å². The van der Waals surface area contributed by atoms with Crippen LogP contribution in [-0.2, 0) is 28.8 Å². The van der Waals surface area contributed by atoms with E-state index in [1.165, 1.54) is 4.90 Å². The Morgan fingerprint density at radius 1 is 1.09 bits per heavy atom. The Hall–Kier alpha value is -3.43. The molecule has 2 saturated heterocycles. The number of amides is 4. The van der Waals surface area contributed by atoms with E-state index in [1.807, 2.05) is 0 Å². The van der Waals surface area contributed by atoms with Gasteiger partial charge in [0, 0.05) is 33.8 Å². The van der Waals surface area contributed by atoms with Crippen LogP contribution in [0.1, 0.15) is 46.4 Å². The molecule has 1 N–H and O–H groups in total. The third-order valence-electron chi connectivity index (χ3n) is 5.08. The highest BCUT2D eigenvalue weighted by molar-refractivity contribution is 6.02. The van der Waals surface area contributed by atoms with Gasteiger partial charge in [0.05, 0.1) is 0 Å². The van der Waals surface area contributed by atoms with Crippen LogP contribution < -0.4 is 5.32 Å².